The van der Waals surface area contributed by atoms with E-state index in [-0.39, 0.29) is 0 Å². The summed E-state index contributed by atoms with van der Waals surface area (Å²) in [6, 6.07) is 15.2. The number of benzene rings is 2. The van der Waals surface area contributed by atoms with Gasteiger partial charge in [-0.2, -0.15) is 0 Å². The Morgan fingerprint density at radius 1 is 1.03 bits per heavy atom. The number of thiophene rings is 1. The molecule has 0 spiro atoms. The van der Waals surface area contributed by atoms with Crippen molar-refractivity contribution in [2.24, 2.45) is 0 Å². The molecule has 7 nitrogen and oxygen atoms in total. The molecule has 0 amide bonds. The highest BCUT2D eigenvalue weighted by molar-refractivity contribution is 7.17. The molecule has 0 atom stereocenters. The normalized spacial score (nSPS) is 11.1. The maximum absolute atomic E-state index is 6.08. The van der Waals surface area contributed by atoms with E-state index in [2.05, 4.69) is 30.8 Å². The van der Waals surface area contributed by atoms with E-state index in [0.717, 1.165) is 32.7 Å². The number of tetrazole rings is 1. The predicted molar refractivity (Wildman–Crippen MR) is 113 cm³/mol. The van der Waals surface area contributed by atoms with E-state index in [1.54, 1.807) is 30.6 Å². The van der Waals surface area contributed by atoms with Crippen LogP contribution in [0.3, 0.4) is 0 Å². The second-order valence-electron chi connectivity index (χ2n) is 6.17. The molecular formula is C20H13ClN6OS. The molecule has 0 aliphatic carbocycles. The van der Waals surface area contributed by atoms with Crippen LogP contribution in [-0.4, -0.2) is 37.3 Å². The number of nitrogens with zero attached hydrogens (tertiary/aromatic N) is 6. The van der Waals surface area contributed by atoms with Gasteiger partial charge in [-0.05, 0) is 35.0 Å². The summed E-state index contributed by atoms with van der Waals surface area (Å²) >= 11 is 7.62. The van der Waals surface area contributed by atoms with Crippen LogP contribution in [0.1, 0.15) is 0 Å². The minimum absolute atomic E-state index is 0.473. The summed E-state index contributed by atoms with van der Waals surface area (Å²) in [5.74, 6) is 1.84. The van der Waals surface area contributed by atoms with Crippen molar-refractivity contribution >= 4 is 33.2 Å². The Balaban J connectivity index is 1.63. The molecule has 5 aromatic rings. The number of hydrogen-bond acceptors (Lipinski definition) is 7. The highest BCUT2D eigenvalue weighted by Crippen LogP contribution is 2.36. The fraction of sp³-hybridized carbons (Fsp3) is 0.0500. The van der Waals surface area contributed by atoms with Gasteiger partial charge < -0.3 is 4.74 Å². The van der Waals surface area contributed by atoms with E-state index in [4.69, 9.17) is 16.3 Å². The average Bonchev–Trinajstić information content (AvgIpc) is 3.41. The Hall–Kier alpha value is -3.36. The number of hydrogen-bond donors (Lipinski definition) is 0. The fourth-order valence-electron chi connectivity index (χ4n) is 3.04. The molecule has 9 heteroatoms. The quantitative estimate of drug-likeness (QED) is 0.420. The highest BCUT2D eigenvalue weighted by atomic mass is 35.5. The minimum atomic E-state index is 0.473. The number of rotatable bonds is 4. The average molecular weight is 421 g/mol. The smallest absolute Gasteiger partial charge is 0.205 e. The topological polar surface area (TPSA) is 78.6 Å². The fourth-order valence-corrected chi connectivity index (χ4v) is 4.14. The first-order valence-corrected chi connectivity index (χ1v) is 9.91. The third-order valence-electron chi connectivity index (χ3n) is 4.44. The van der Waals surface area contributed by atoms with Gasteiger partial charge in [-0.1, -0.05) is 35.9 Å². The van der Waals surface area contributed by atoms with Crippen LogP contribution in [0.4, 0.5) is 0 Å². The Morgan fingerprint density at radius 2 is 1.90 bits per heavy atom. The summed E-state index contributed by atoms with van der Waals surface area (Å²) < 4.78 is 5.26. The van der Waals surface area contributed by atoms with Gasteiger partial charge in [0.25, 0.3) is 0 Å². The largest absolute Gasteiger partial charge is 0.497 e. The summed E-state index contributed by atoms with van der Waals surface area (Å²) in [4.78, 5) is 11.1. The Bertz CT molecular complexity index is 1310. The van der Waals surface area contributed by atoms with Gasteiger partial charge in [-0.25, -0.2) is 9.97 Å². The predicted octanol–water partition coefficient (Wildman–Crippen LogP) is 4.66. The number of fused-ring (bicyclic) bond motifs is 1. The van der Waals surface area contributed by atoms with Crippen molar-refractivity contribution in [1.82, 2.24) is 30.2 Å². The van der Waals surface area contributed by atoms with Crippen LogP contribution in [0.15, 0.2) is 60.2 Å². The first-order chi connectivity index (χ1) is 14.2. The lowest BCUT2D eigenvalue weighted by atomic mass is 10.1. The standard InChI is InChI=1S/C20H13ClN6OS/c1-28-15-7-5-12(6-8-15)16-10-29-20-17(16)19(22-11-23-20)27-25-18(24-26-27)13-3-2-4-14(21)9-13/h2-11H,1H3. The molecule has 5 rings (SSSR count). The van der Waals surface area contributed by atoms with E-state index in [1.807, 2.05) is 36.4 Å². The van der Waals surface area contributed by atoms with Crippen LogP contribution in [0.5, 0.6) is 5.75 Å². The zero-order chi connectivity index (χ0) is 19.8. The molecule has 0 N–H and O–H groups in total. The van der Waals surface area contributed by atoms with E-state index in [1.165, 1.54) is 11.1 Å². The highest BCUT2D eigenvalue weighted by Gasteiger charge is 2.17. The Labute approximate surface area is 174 Å². The van der Waals surface area contributed by atoms with Crippen LogP contribution in [-0.2, 0) is 0 Å². The SMILES string of the molecule is COc1ccc(-c2csc3ncnc(-n4nnc(-c5cccc(Cl)c5)n4)c23)cc1. The second kappa shape index (κ2) is 7.23. The summed E-state index contributed by atoms with van der Waals surface area (Å²) in [6.07, 6.45) is 1.51. The molecule has 142 valence electrons. The van der Waals surface area contributed by atoms with Crippen LogP contribution in [0, 0.1) is 0 Å². The molecule has 3 aromatic heterocycles. The van der Waals surface area contributed by atoms with Gasteiger partial charge in [-0.15, -0.1) is 26.3 Å². The van der Waals surface area contributed by atoms with Crippen molar-refractivity contribution in [2.45, 2.75) is 0 Å². The third kappa shape index (κ3) is 3.22. The molecule has 0 bridgehead atoms. The third-order valence-corrected chi connectivity index (χ3v) is 5.56. The van der Waals surface area contributed by atoms with Gasteiger partial charge in [-0.3, -0.25) is 0 Å². The van der Waals surface area contributed by atoms with Gasteiger partial charge in [0.1, 0.15) is 16.9 Å². The Morgan fingerprint density at radius 3 is 2.69 bits per heavy atom. The van der Waals surface area contributed by atoms with Crippen molar-refractivity contribution in [1.29, 1.82) is 0 Å². The molecule has 2 aromatic carbocycles. The monoisotopic (exact) mass is 420 g/mol. The zero-order valence-corrected chi connectivity index (χ0v) is 16.7. The molecule has 3 heterocycles. The van der Waals surface area contributed by atoms with Crippen molar-refractivity contribution in [3.05, 3.63) is 65.3 Å². The number of methoxy groups -OCH3 is 1. The lowest BCUT2D eigenvalue weighted by Gasteiger charge is -2.05. The lowest BCUT2D eigenvalue weighted by Crippen LogP contribution is -2.03. The van der Waals surface area contributed by atoms with Crippen LogP contribution in [0.25, 0.3) is 38.5 Å². The first-order valence-electron chi connectivity index (χ1n) is 8.66. The van der Waals surface area contributed by atoms with Crippen molar-refractivity contribution < 1.29 is 4.74 Å². The van der Waals surface area contributed by atoms with Gasteiger partial charge in [0.05, 0.1) is 12.5 Å². The van der Waals surface area contributed by atoms with Gasteiger partial charge in [0, 0.05) is 21.5 Å². The molecule has 0 aliphatic rings. The molecular weight excluding hydrogens is 408 g/mol. The number of aromatic nitrogens is 6. The van der Waals surface area contributed by atoms with Gasteiger partial charge >= 0.3 is 0 Å². The second-order valence-corrected chi connectivity index (χ2v) is 7.46. The summed E-state index contributed by atoms with van der Waals surface area (Å²) in [7, 11) is 1.65. The molecule has 0 unspecified atom stereocenters. The summed E-state index contributed by atoms with van der Waals surface area (Å²) in [6.45, 7) is 0. The van der Waals surface area contributed by atoms with Crippen LogP contribution < -0.4 is 4.74 Å². The van der Waals surface area contributed by atoms with Crippen molar-refractivity contribution in [3.63, 3.8) is 0 Å². The maximum Gasteiger partial charge on any atom is 0.205 e. The number of ether oxygens (including phenoxy) is 1. The molecule has 0 saturated heterocycles. The van der Waals surface area contributed by atoms with E-state index < -0.39 is 0 Å². The maximum atomic E-state index is 6.08. The summed E-state index contributed by atoms with van der Waals surface area (Å²) in [5, 5.41) is 16.4. The van der Waals surface area contributed by atoms with E-state index >= 15 is 0 Å². The molecule has 0 saturated carbocycles. The Kier molecular flexibility index (Phi) is 4.42. The summed E-state index contributed by atoms with van der Waals surface area (Å²) in [5.41, 5.74) is 2.82. The molecule has 29 heavy (non-hydrogen) atoms. The molecule has 0 fully saturated rings. The minimum Gasteiger partial charge on any atom is -0.497 e. The van der Waals surface area contributed by atoms with Gasteiger partial charge in [0.2, 0.25) is 5.82 Å². The first kappa shape index (κ1) is 17.7. The number of halogens is 1. The van der Waals surface area contributed by atoms with E-state index in [9.17, 15) is 0 Å². The molecule has 0 radical (unpaired) electrons. The van der Waals surface area contributed by atoms with E-state index in [0.29, 0.717) is 16.7 Å². The van der Waals surface area contributed by atoms with Gasteiger partial charge in [0.15, 0.2) is 5.82 Å². The lowest BCUT2D eigenvalue weighted by molar-refractivity contribution is 0.415. The molecule has 0 aliphatic heterocycles. The van der Waals surface area contributed by atoms with Crippen molar-refractivity contribution in [2.75, 3.05) is 7.11 Å². The zero-order valence-electron chi connectivity index (χ0n) is 15.2. The van der Waals surface area contributed by atoms with Crippen LogP contribution >= 0.6 is 22.9 Å². The van der Waals surface area contributed by atoms with Crippen molar-refractivity contribution in [3.8, 4) is 34.1 Å². The van der Waals surface area contributed by atoms with Crippen LogP contribution in [0.2, 0.25) is 5.02 Å².